The third kappa shape index (κ3) is 18.3. The Morgan fingerprint density at radius 3 is 2.00 bits per heavy atom. The third-order valence-electron chi connectivity index (χ3n) is 5.70. The fourth-order valence-electron chi connectivity index (χ4n) is 3.58. The van der Waals surface area contributed by atoms with E-state index >= 15 is 0 Å². The minimum Gasteiger partial charge on any atom is -0.428 e. The van der Waals surface area contributed by atoms with Crippen molar-refractivity contribution in [3.63, 3.8) is 0 Å². The molecule has 1 rings (SSSR count). The molecule has 0 bridgehead atoms. The van der Waals surface area contributed by atoms with E-state index in [1.165, 1.54) is 77.0 Å². The monoisotopic (exact) mass is 460 g/mol. The average molecular weight is 461 g/mol. The van der Waals surface area contributed by atoms with Crippen molar-refractivity contribution in [1.29, 1.82) is 0 Å². The van der Waals surface area contributed by atoms with Crippen LogP contribution in [-0.4, -0.2) is 25.0 Å². The summed E-state index contributed by atoms with van der Waals surface area (Å²) in [7, 11) is 0. The first kappa shape index (κ1) is 29.2. The van der Waals surface area contributed by atoms with Gasteiger partial charge in [-0.25, -0.2) is 4.79 Å². The molecule has 0 fully saturated rings. The van der Waals surface area contributed by atoms with E-state index in [4.69, 9.17) is 14.2 Å². The van der Waals surface area contributed by atoms with E-state index in [0.29, 0.717) is 18.8 Å². The molecule has 0 saturated heterocycles. The minimum absolute atomic E-state index is 0.485. The van der Waals surface area contributed by atoms with Gasteiger partial charge in [-0.3, -0.25) is 0 Å². The van der Waals surface area contributed by atoms with Crippen LogP contribution in [0, 0.1) is 0 Å². The number of rotatable bonds is 20. The van der Waals surface area contributed by atoms with Crippen molar-refractivity contribution in [2.45, 2.75) is 116 Å². The molecule has 1 aromatic rings. The Bertz CT molecular complexity index is 609. The summed E-state index contributed by atoms with van der Waals surface area (Å²) in [6, 6.07) is 8.96. The van der Waals surface area contributed by atoms with Gasteiger partial charge in [0.1, 0.15) is 11.4 Å². The smallest absolute Gasteiger partial charge is 0.428 e. The van der Waals surface area contributed by atoms with Crippen LogP contribution in [0.3, 0.4) is 0 Å². The molecule has 1 aromatic carbocycles. The van der Waals surface area contributed by atoms with Crippen LogP contribution in [0.2, 0.25) is 0 Å². The van der Waals surface area contributed by atoms with Gasteiger partial charge in [0.15, 0.2) is 0 Å². The van der Waals surface area contributed by atoms with Gasteiger partial charge in [0.2, 0.25) is 0 Å². The van der Waals surface area contributed by atoms with E-state index in [1.54, 1.807) is 12.1 Å². The summed E-state index contributed by atoms with van der Waals surface area (Å²) < 4.78 is 16.4. The Morgan fingerprint density at radius 1 is 0.788 bits per heavy atom. The van der Waals surface area contributed by atoms with E-state index in [-0.39, 0.29) is 0 Å². The fourth-order valence-corrected chi connectivity index (χ4v) is 3.58. The second-order valence-electron chi connectivity index (χ2n) is 9.47. The van der Waals surface area contributed by atoms with Crippen LogP contribution in [0.15, 0.2) is 42.5 Å². The molecule has 0 heterocycles. The normalized spacial score (nSPS) is 11.7. The lowest BCUT2D eigenvalue weighted by atomic mass is 10.1. The predicted octanol–water partition coefficient (Wildman–Crippen LogP) is 9.03. The number of carbonyl (C=O) groups excluding carboxylic acids is 1. The van der Waals surface area contributed by atoms with Crippen LogP contribution < -0.4 is 4.74 Å². The number of allylic oxidation sites excluding steroid dienone is 2. The highest BCUT2D eigenvalue weighted by atomic mass is 16.7. The summed E-state index contributed by atoms with van der Waals surface area (Å²) in [6.07, 6.45) is 21.6. The Labute approximate surface area is 203 Å². The van der Waals surface area contributed by atoms with Crippen molar-refractivity contribution in [3.05, 3.63) is 42.5 Å². The Hall–Kier alpha value is -1.81. The van der Waals surface area contributed by atoms with Gasteiger partial charge in [-0.2, -0.15) is 0 Å². The number of hydrogen-bond donors (Lipinski definition) is 0. The molecule has 0 radical (unpaired) electrons. The highest BCUT2D eigenvalue weighted by molar-refractivity contribution is 5.64. The first-order chi connectivity index (χ1) is 16.0. The van der Waals surface area contributed by atoms with Crippen LogP contribution in [0.1, 0.15) is 111 Å². The molecule has 4 nitrogen and oxygen atoms in total. The fraction of sp³-hybridized carbons (Fsp3) is 0.690. The SMILES string of the molecule is CCCCCCCC/C=C\CCCCCCCOCCC(C)(C)OC(=O)Oc1ccccc1. The van der Waals surface area contributed by atoms with Gasteiger partial charge < -0.3 is 14.2 Å². The number of benzene rings is 1. The van der Waals surface area contributed by atoms with Gasteiger partial charge in [0.05, 0.1) is 6.61 Å². The second-order valence-corrected chi connectivity index (χ2v) is 9.47. The molecule has 0 spiro atoms. The molecule has 4 heteroatoms. The van der Waals surface area contributed by atoms with Crippen LogP contribution in [0.25, 0.3) is 0 Å². The van der Waals surface area contributed by atoms with Crippen molar-refractivity contribution < 1.29 is 19.0 Å². The van der Waals surface area contributed by atoms with Gasteiger partial charge in [0.25, 0.3) is 0 Å². The van der Waals surface area contributed by atoms with Crippen molar-refractivity contribution in [2.24, 2.45) is 0 Å². The highest BCUT2D eigenvalue weighted by Gasteiger charge is 2.24. The lowest BCUT2D eigenvalue weighted by Gasteiger charge is -2.24. The topological polar surface area (TPSA) is 44.8 Å². The minimum atomic E-state index is -0.677. The van der Waals surface area contributed by atoms with Gasteiger partial charge in [-0.15, -0.1) is 0 Å². The first-order valence-corrected chi connectivity index (χ1v) is 13.2. The van der Waals surface area contributed by atoms with Crippen molar-refractivity contribution in [1.82, 2.24) is 0 Å². The van der Waals surface area contributed by atoms with Crippen LogP contribution in [-0.2, 0) is 9.47 Å². The van der Waals surface area contributed by atoms with Crippen molar-refractivity contribution in [3.8, 4) is 5.75 Å². The van der Waals surface area contributed by atoms with E-state index in [0.717, 1.165) is 13.0 Å². The summed E-state index contributed by atoms with van der Waals surface area (Å²) >= 11 is 0. The number of unbranched alkanes of at least 4 members (excludes halogenated alkanes) is 11. The molecule has 0 aliphatic rings. The van der Waals surface area contributed by atoms with E-state index in [2.05, 4.69) is 19.1 Å². The molecule has 0 saturated carbocycles. The zero-order chi connectivity index (χ0) is 24.0. The number of para-hydroxylation sites is 1. The molecule has 0 atom stereocenters. The third-order valence-corrected chi connectivity index (χ3v) is 5.70. The number of ether oxygens (including phenoxy) is 3. The Kier molecular flexibility index (Phi) is 17.4. The van der Waals surface area contributed by atoms with E-state index in [9.17, 15) is 4.79 Å². The van der Waals surface area contributed by atoms with Gasteiger partial charge >= 0.3 is 6.16 Å². The molecular weight excluding hydrogens is 412 g/mol. The van der Waals surface area contributed by atoms with Crippen LogP contribution >= 0.6 is 0 Å². The zero-order valence-corrected chi connectivity index (χ0v) is 21.5. The predicted molar refractivity (Wildman–Crippen MR) is 138 cm³/mol. The molecular formula is C29H48O4. The summed E-state index contributed by atoms with van der Waals surface area (Å²) in [4.78, 5) is 11.9. The largest absolute Gasteiger partial charge is 0.514 e. The molecule has 33 heavy (non-hydrogen) atoms. The molecule has 188 valence electrons. The molecule has 0 amide bonds. The Morgan fingerprint density at radius 2 is 1.36 bits per heavy atom. The van der Waals surface area contributed by atoms with E-state index < -0.39 is 11.8 Å². The number of carbonyl (C=O) groups is 1. The van der Waals surface area contributed by atoms with Crippen LogP contribution in [0.4, 0.5) is 4.79 Å². The maximum absolute atomic E-state index is 11.9. The number of hydrogen-bond acceptors (Lipinski definition) is 4. The van der Waals surface area contributed by atoms with Crippen LogP contribution in [0.5, 0.6) is 5.75 Å². The first-order valence-electron chi connectivity index (χ1n) is 13.2. The van der Waals surface area contributed by atoms with Crippen molar-refractivity contribution in [2.75, 3.05) is 13.2 Å². The zero-order valence-electron chi connectivity index (χ0n) is 21.5. The lowest BCUT2D eigenvalue weighted by Crippen LogP contribution is -2.31. The summed E-state index contributed by atoms with van der Waals surface area (Å²) in [5.41, 5.74) is -0.617. The molecule has 0 unspecified atom stereocenters. The van der Waals surface area contributed by atoms with Gasteiger partial charge in [0, 0.05) is 13.0 Å². The maximum atomic E-state index is 11.9. The standard InChI is InChI=1S/C29H48O4/c1-4-5-6-7-8-9-10-11-12-13-14-15-16-17-21-25-31-26-24-29(2,3)33-28(30)32-27-22-19-18-20-23-27/h11-12,18-20,22-23H,4-10,13-17,21,24-26H2,1-3H3/b12-11-. The Balaban J connectivity index is 1.89. The van der Waals surface area contributed by atoms with E-state index in [1.807, 2.05) is 32.0 Å². The summed E-state index contributed by atoms with van der Waals surface area (Å²) in [6.45, 7) is 7.37. The average Bonchev–Trinajstić information content (AvgIpc) is 2.78. The lowest BCUT2D eigenvalue weighted by molar-refractivity contribution is -0.0139. The van der Waals surface area contributed by atoms with Gasteiger partial charge in [-0.1, -0.05) is 88.6 Å². The molecule has 0 aliphatic heterocycles. The molecule has 0 N–H and O–H groups in total. The highest BCUT2D eigenvalue weighted by Crippen LogP contribution is 2.18. The quantitative estimate of drug-likeness (QED) is 0.0842. The molecule has 0 aliphatic carbocycles. The summed E-state index contributed by atoms with van der Waals surface area (Å²) in [5.74, 6) is 0.485. The molecule has 0 aromatic heterocycles. The second kappa shape index (κ2) is 19.6. The van der Waals surface area contributed by atoms with Gasteiger partial charge in [-0.05, 0) is 58.1 Å². The summed E-state index contributed by atoms with van der Waals surface area (Å²) in [5, 5.41) is 0. The van der Waals surface area contributed by atoms with Crippen molar-refractivity contribution >= 4 is 6.16 Å². The maximum Gasteiger partial charge on any atom is 0.514 e.